The fourth-order valence-corrected chi connectivity index (χ4v) is 4.20. The number of fused-ring (bicyclic) bond motifs is 1. The van der Waals surface area contributed by atoms with E-state index < -0.39 is 0 Å². The largest absolute Gasteiger partial charge is 0.493 e. The number of hydrogen-bond acceptors (Lipinski definition) is 3. The molecule has 0 saturated heterocycles. The van der Waals surface area contributed by atoms with Gasteiger partial charge >= 0.3 is 5.97 Å². The normalized spacial score (nSPS) is 14.1. The minimum Gasteiger partial charge on any atom is -0.493 e. The van der Waals surface area contributed by atoms with Gasteiger partial charge in [0.2, 0.25) is 0 Å². The number of aryl methyl sites for hydroxylation is 2. The Kier molecular flexibility index (Phi) is 7.21. The van der Waals surface area contributed by atoms with Crippen molar-refractivity contribution in [2.75, 3.05) is 13.2 Å². The zero-order valence-electron chi connectivity index (χ0n) is 18.6. The van der Waals surface area contributed by atoms with E-state index in [1.54, 1.807) is 0 Å². The lowest BCUT2D eigenvalue weighted by Crippen LogP contribution is -2.32. The lowest BCUT2D eigenvalue weighted by Gasteiger charge is -2.38. The van der Waals surface area contributed by atoms with Gasteiger partial charge in [0.05, 0.1) is 13.2 Å². The van der Waals surface area contributed by atoms with Crippen molar-refractivity contribution >= 4 is 5.97 Å². The maximum atomic E-state index is 11.5. The third kappa shape index (κ3) is 4.87. The molecule has 0 aromatic heterocycles. The van der Waals surface area contributed by atoms with Crippen molar-refractivity contribution in [3.63, 3.8) is 0 Å². The third-order valence-electron chi connectivity index (χ3n) is 6.31. The fraction of sp³-hybridized carbons (Fsp3) is 0.444. The Morgan fingerprint density at radius 1 is 1.10 bits per heavy atom. The van der Waals surface area contributed by atoms with E-state index >= 15 is 0 Å². The Balaban J connectivity index is 1.79. The van der Waals surface area contributed by atoms with Gasteiger partial charge in [-0.05, 0) is 74.9 Å². The predicted molar refractivity (Wildman–Crippen MR) is 121 cm³/mol. The van der Waals surface area contributed by atoms with Gasteiger partial charge in [0, 0.05) is 28.5 Å². The summed E-state index contributed by atoms with van der Waals surface area (Å²) in [6.07, 6.45) is 4.39. The maximum absolute atomic E-state index is 11.5. The Labute approximate surface area is 180 Å². The summed E-state index contributed by atoms with van der Waals surface area (Å²) in [6.45, 7) is 9.69. The maximum Gasteiger partial charge on any atom is 0.306 e. The monoisotopic (exact) mass is 404 g/mol. The third-order valence-corrected chi connectivity index (χ3v) is 6.31. The highest BCUT2D eigenvalue weighted by Gasteiger charge is 2.35. The van der Waals surface area contributed by atoms with Gasteiger partial charge in [-0.2, -0.15) is 0 Å². The van der Waals surface area contributed by atoms with Gasteiger partial charge in [0.1, 0.15) is 5.75 Å². The molecular weight excluding hydrogens is 372 g/mol. The first-order valence-electron chi connectivity index (χ1n) is 11.1. The molecule has 1 heterocycles. The molecule has 3 heteroatoms. The van der Waals surface area contributed by atoms with Gasteiger partial charge in [-0.1, -0.05) is 37.8 Å². The van der Waals surface area contributed by atoms with E-state index in [1.807, 2.05) is 31.2 Å². The van der Waals surface area contributed by atoms with E-state index in [0.717, 1.165) is 53.9 Å². The second-order valence-corrected chi connectivity index (χ2v) is 8.00. The fourth-order valence-electron chi connectivity index (χ4n) is 4.20. The Morgan fingerprint density at radius 3 is 2.50 bits per heavy atom. The highest BCUT2D eigenvalue weighted by molar-refractivity contribution is 5.69. The lowest BCUT2D eigenvalue weighted by atomic mass is 9.71. The molecule has 3 nitrogen and oxygen atoms in total. The average Bonchev–Trinajstić information content (AvgIpc) is 2.76. The molecule has 1 aliphatic heterocycles. The molecule has 0 radical (unpaired) electrons. The first-order chi connectivity index (χ1) is 14.5. The van der Waals surface area contributed by atoms with Crippen molar-refractivity contribution in [3.05, 3.63) is 64.2 Å². The molecule has 0 saturated carbocycles. The molecule has 0 fully saturated rings. The van der Waals surface area contributed by atoms with Crippen LogP contribution in [0, 0.1) is 18.8 Å². The molecule has 0 unspecified atom stereocenters. The molecular formula is C27H32O3. The van der Waals surface area contributed by atoms with E-state index in [0.29, 0.717) is 19.4 Å². The zero-order valence-corrected chi connectivity index (χ0v) is 18.6. The summed E-state index contributed by atoms with van der Waals surface area (Å²) in [4.78, 5) is 11.5. The predicted octanol–water partition coefficient (Wildman–Crippen LogP) is 5.73. The first kappa shape index (κ1) is 22.0. The number of esters is 1. The van der Waals surface area contributed by atoms with Crippen LogP contribution in [0.4, 0.5) is 0 Å². The molecule has 30 heavy (non-hydrogen) atoms. The topological polar surface area (TPSA) is 35.5 Å². The van der Waals surface area contributed by atoms with Gasteiger partial charge in [-0.3, -0.25) is 4.79 Å². The van der Waals surface area contributed by atoms with Crippen molar-refractivity contribution in [2.45, 2.75) is 65.2 Å². The van der Waals surface area contributed by atoms with Crippen LogP contribution in [0.5, 0.6) is 5.75 Å². The Hall–Kier alpha value is -2.73. The van der Waals surface area contributed by atoms with E-state index in [9.17, 15) is 4.79 Å². The zero-order chi connectivity index (χ0) is 21.6. The summed E-state index contributed by atoms with van der Waals surface area (Å²) in [6, 6.07) is 12.5. The van der Waals surface area contributed by atoms with Gasteiger partial charge in [-0.25, -0.2) is 0 Å². The SMILES string of the molecule is CCOC(=O)CCc1ccc(C#Cc2cc3c(cc2C)OCCC3(CC)CC)cc1. The van der Waals surface area contributed by atoms with Crippen LogP contribution in [0.3, 0.4) is 0 Å². The highest BCUT2D eigenvalue weighted by Crippen LogP contribution is 2.44. The van der Waals surface area contributed by atoms with E-state index in [1.165, 1.54) is 5.56 Å². The molecule has 158 valence electrons. The summed E-state index contributed by atoms with van der Waals surface area (Å²) in [5, 5.41) is 0. The minimum atomic E-state index is -0.150. The molecule has 0 atom stereocenters. The molecule has 0 bridgehead atoms. The van der Waals surface area contributed by atoms with Crippen molar-refractivity contribution in [3.8, 4) is 17.6 Å². The van der Waals surface area contributed by atoms with Crippen LogP contribution >= 0.6 is 0 Å². The molecule has 3 rings (SSSR count). The van der Waals surface area contributed by atoms with Gasteiger partial charge in [-0.15, -0.1) is 0 Å². The highest BCUT2D eigenvalue weighted by atomic mass is 16.5. The lowest BCUT2D eigenvalue weighted by molar-refractivity contribution is -0.143. The summed E-state index contributed by atoms with van der Waals surface area (Å²) in [5.74, 6) is 7.55. The molecule has 2 aromatic carbocycles. The van der Waals surface area contributed by atoms with Crippen molar-refractivity contribution < 1.29 is 14.3 Å². The molecule has 0 aliphatic carbocycles. The summed E-state index contributed by atoms with van der Waals surface area (Å²) < 4.78 is 11.0. The van der Waals surface area contributed by atoms with Crippen LogP contribution in [-0.2, 0) is 21.4 Å². The smallest absolute Gasteiger partial charge is 0.306 e. The van der Waals surface area contributed by atoms with Crippen molar-refractivity contribution in [1.82, 2.24) is 0 Å². The number of ether oxygens (including phenoxy) is 2. The van der Waals surface area contributed by atoms with Crippen LogP contribution in [0.15, 0.2) is 36.4 Å². The van der Waals surface area contributed by atoms with Gasteiger partial charge in [0.25, 0.3) is 0 Å². The summed E-state index contributed by atoms with van der Waals surface area (Å²) in [7, 11) is 0. The Morgan fingerprint density at radius 2 is 1.83 bits per heavy atom. The molecule has 2 aromatic rings. The van der Waals surface area contributed by atoms with Gasteiger partial charge in [0.15, 0.2) is 0 Å². The second-order valence-electron chi connectivity index (χ2n) is 8.00. The number of rotatable bonds is 6. The van der Waals surface area contributed by atoms with E-state index in [-0.39, 0.29) is 11.4 Å². The summed E-state index contributed by atoms with van der Waals surface area (Å²) in [5.41, 5.74) is 5.81. The minimum absolute atomic E-state index is 0.150. The number of benzene rings is 2. The Bertz CT molecular complexity index is 941. The van der Waals surface area contributed by atoms with Gasteiger partial charge < -0.3 is 9.47 Å². The van der Waals surface area contributed by atoms with Crippen LogP contribution in [-0.4, -0.2) is 19.2 Å². The average molecular weight is 405 g/mol. The van der Waals surface area contributed by atoms with E-state index in [2.05, 4.69) is 44.7 Å². The second kappa shape index (κ2) is 9.85. The quantitative estimate of drug-likeness (QED) is 0.455. The first-order valence-corrected chi connectivity index (χ1v) is 11.1. The van der Waals surface area contributed by atoms with E-state index in [4.69, 9.17) is 9.47 Å². The molecule has 0 N–H and O–H groups in total. The molecule has 0 spiro atoms. The van der Waals surface area contributed by atoms with Crippen LogP contribution in [0.1, 0.15) is 74.3 Å². The van der Waals surface area contributed by atoms with Crippen molar-refractivity contribution in [2.24, 2.45) is 0 Å². The standard InChI is InChI=1S/C27H32O3/c1-5-27(6-2)16-17-30-25-18-20(4)23(19-24(25)27)14-12-21-8-10-22(11-9-21)13-15-26(28)29-7-3/h8-11,18-19H,5-7,13,15-17H2,1-4H3. The number of hydrogen-bond donors (Lipinski definition) is 0. The van der Waals surface area contributed by atoms with Crippen molar-refractivity contribution in [1.29, 1.82) is 0 Å². The van der Waals surface area contributed by atoms with Crippen LogP contribution in [0.25, 0.3) is 0 Å². The van der Waals surface area contributed by atoms with Crippen LogP contribution < -0.4 is 4.74 Å². The molecule has 1 aliphatic rings. The number of carbonyl (C=O) groups excluding carboxylic acids is 1. The summed E-state index contributed by atoms with van der Waals surface area (Å²) >= 11 is 0. The molecule has 0 amide bonds. The number of carbonyl (C=O) groups is 1. The van der Waals surface area contributed by atoms with Crippen LogP contribution in [0.2, 0.25) is 0 Å².